The minimum atomic E-state index is -0.626. The Morgan fingerprint density at radius 1 is 1.13 bits per heavy atom. The first-order valence-electron chi connectivity index (χ1n) is 15.7. The van der Waals surface area contributed by atoms with E-state index in [-0.39, 0.29) is 18.6 Å². The Labute approximate surface area is 269 Å². The van der Waals surface area contributed by atoms with Crippen LogP contribution in [0.2, 0.25) is 5.02 Å². The molecule has 3 aromatic rings. The standard InChI is InChI=1S/C34H41ClN6O4/c1-34(2,3)45-33(42)41-17-16-40(19-23(41)13-14-36)31-26-21-43-29(25-11-5-8-22-9-6-12-27(35)30(22)25)18-28(26)37-32(38-31)44-20-24-10-7-15-39(24)4/h5-6,8-9,11-12,23-24,29H,7,10,13,15-21H2,1-4H3/t23-,24-,29-/m0/s1. The molecule has 10 nitrogen and oxygen atoms in total. The van der Waals surface area contributed by atoms with Crippen molar-refractivity contribution in [2.45, 2.75) is 76.9 Å². The monoisotopic (exact) mass is 632 g/mol. The van der Waals surface area contributed by atoms with Crippen LogP contribution in [0.3, 0.4) is 0 Å². The van der Waals surface area contributed by atoms with Gasteiger partial charge in [0.1, 0.15) is 18.0 Å². The number of anilines is 1. The summed E-state index contributed by atoms with van der Waals surface area (Å²) < 4.78 is 18.5. The van der Waals surface area contributed by atoms with Gasteiger partial charge >= 0.3 is 12.1 Å². The van der Waals surface area contributed by atoms with Crippen LogP contribution in [0.25, 0.3) is 10.8 Å². The molecule has 3 aliphatic rings. The average Bonchev–Trinajstić information content (AvgIpc) is 3.42. The summed E-state index contributed by atoms with van der Waals surface area (Å²) in [7, 11) is 2.12. The molecule has 0 spiro atoms. The third-order valence-corrected chi connectivity index (χ3v) is 9.22. The summed E-state index contributed by atoms with van der Waals surface area (Å²) in [5.74, 6) is 0.732. The number of carbonyl (C=O) groups excluding carboxylic acids is 1. The van der Waals surface area contributed by atoms with Crippen LogP contribution in [0.4, 0.5) is 10.6 Å². The smallest absolute Gasteiger partial charge is 0.410 e. The number of nitrogens with zero attached hydrogens (tertiary/aromatic N) is 6. The molecule has 2 fully saturated rings. The molecule has 0 N–H and O–H groups in total. The highest BCUT2D eigenvalue weighted by Gasteiger charge is 2.36. The average molecular weight is 633 g/mol. The van der Waals surface area contributed by atoms with Gasteiger partial charge in [-0.25, -0.2) is 4.79 Å². The molecule has 0 bridgehead atoms. The molecule has 3 aliphatic heterocycles. The number of ether oxygens (including phenoxy) is 3. The third-order valence-electron chi connectivity index (χ3n) is 8.90. The van der Waals surface area contributed by atoms with E-state index in [1.807, 2.05) is 39.0 Å². The molecule has 1 amide bonds. The van der Waals surface area contributed by atoms with Crippen molar-refractivity contribution in [1.82, 2.24) is 19.8 Å². The van der Waals surface area contributed by atoms with Gasteiger partial charge in [0.15, 0.2) is 0 Å². The van der Waals surface area contributed by atoms with Crippen molar-refractivity contribution in [1.29, 1.82) is 5.26 Å². The number of halogens is 1. The zero-order valence-electron chi connectivity index (χ0n) is 26.5. The van der Waals surface area contributed by atoms with Crippen molar-refractivity contribution >= 4 is 34.3 Å². The van der Waals surface area contributed by atoms with Gasteiger partial charge in [-0.05, 0) is 64.2 Å². The molecule has 11 heteroatoms. The molecule has 2 aromatic carbocycles. The molecule has 2 saturated heterocycles. The summed E-state index contributed by atoms with van der Waals surface area (Å²) in [6.07, 6.45) is 2.30. The summed E-state index contributed by atoms with van der Waals surface area (Å²) in [5, 5.41) is 12.4. The lowest BCUT2D eigenvalue weighted by molar-refractivity contribution is 0.0140. The normalized spacial score (nSPS) is 22.3. The van der Waals surface area contributed by atoms with Gasteiger partial charge in [-0.15, -0.1) is 0 Å². The van der Waals surface area contributed by atoms with Gasteiger partial charge in [0.05, 0.1) is 36.9 Å². The van der Waals surface area contributed by atoms with E-state index >= 15 is 0 Å². The number of benzene rings is 2. The first-order valence-corrected chi connectivity index (χ1v) is 16.1. The van der Waals surface area contributed by atoms with E-state index in [4.69, 9.17) is 35.8 Å². The highest BCUT2D eigenvalue weighted by molar-refractivity contribution is 6.35. The number of hydrogen-bond acceptors (Lipinski definition) is 9. The van der Waals surface area contributed by atoms with E-state index in [9.17, 15) is 10.1 Å². The fourth-order valence-electron chi connectivity index (χ4n) is 6.60. The topological polar surface area (TPSA) is 104 Å². The summed E-state index contributed by atoms with van der Waals surface area (Å²) in [4.78, 5) is 29.1. The molecule has 0 radical (unpaired) electrons. The fourth-order valence-corrected chi connectivity index (χ4v) is 6.89. The van der Waals surface area contributed by atoms with Crippen molar-refractivity contribution in [3.05, 3.63) is 58.2 Å². The number of nitriles is 1. The highest BCUT2D eigenvalue weighted by Crippen LogP contribution is 2.39. The first kappa shape index (κ1) is 31.3. The molecule has 0 unspecified atom stereocenters. The minimum Gasteiger partial charge on any atom is -0.462 e. The van der Waals surface area contributed by atoms with Gasteiger partial charge in [0.25, 0.3) is 0 Å². The maximum atomic E-state index is 13.1. The summed E-state index contributed by atoms with van der Waals surface area (Å²) in [6, 6.07) is 14.6. The number of fused-ring (bicyclic) bond motifs is 2. The molecule has 6 rings (SSSR count). The number of likely N-dealkylation sites (N-methyl/N-ethyl adjacent to an activating group) is 1. The van der Waals surface area contributed by atoms with Crippen LogP contribution in [0.5, 0.6) is 6.01 Å². The summed E-state index contributed by atoms with van der Waals surface area (Å²) >= 11 is 6.69. The number of carbonyl (C=O) groups is 1. The lowest BCUT2D eigenvalue weighted by Crippen LogP contribution is -2.56. The Morgan fingerprint density at radius 2 is 1.93 bits per heavy atom. The van der Waals surface area contributed by atoms with Crippen LogP contribution in [-0.2, 0) is 22.5 Å². The van der Waals surface area contributed by atoms with Crippen LogP contribution in [0, 0.1) is 11.3 Å². The maximum absolute atomic E-state index is 13.1. The SMILES string of the molecule is CN1CCC[C@H]1COc1nc2c(c(N3CCN(C(=O)OC(C)(C)C)[C@@H](CC#N)C3)n1)CO[C@H](c1cccc3cccc(Cl)c13)C2. The Bertz CT molecular complexity index is 1600. The number of hydrogen-bond donors (Lipinski definition) is 0. The quantitative estimate of drug-likeness (QED) is 0.328. The van der Waals surface area contributed by atoms with Crippen LogP contribution in [0.1, 0.15) is 63.0 Å². The second-order valence-corrected chi connectivity index (χ2v) is 13.6. The Morgan fingerprint density at radius 3 is 2.67 bits per heavy atom. The van der Waals surface area contributed by atoms with Crippen LogP contribution >= 0.6 is 11.6 Å². The molecule has 1 aromatic heterocycles. The molecule has 0 aliphatic carbocycles. The molecule has 3 atom stereocenters. The van der Waals surface area contributed by atoms with Gasteiger partial charge in [-0.1, -0.05) is 41.9 Å². The molecular weight excluding hydrogens is 592 g/mol. The number of aromatic nitrogens is 2. The zero-order chi connectivity index (χ0) is 31.7. The van der Waals surface area contributed by atoms with Crippen molar-refractivity contribution in [2.75, 3.05) is 44.7 Å². The Balaban J connectivity index is 1.32. The van der Waals surface area contributed by atoms with Gasteiger partial charge < -0.3 is 28.9 Å². The van der Waals surface area contributed by atoms with Crippen LogP contribution < -0.4 is 9.64 Å². The van der Waals surface area contributed by atoms with Crippen LogP contribution in [-0.4, -0.2) is 83.4 Å². The van der Waals surface area contributed by atoms with E-state index in [2.05, 4.69) is 41.1 Å². The Hall–Kier alpha value is -3.65. The van der Waals surface area contributed by atoms with Gasteiger partial charge in [-0.3, -0.25) is 0 Å². The van der Waals surface area contributed by atoms with Crippen molar-refractivity contribution in [3.8, 4) is 12.1 Å². The largest absolute Gasteiger partial charge is 0.462 e. The lowest BCUT2D eigenvalue weighted by atomic mass is 9.94. The summed E-state index contributed by atoms with van der Waals surface area (Å²) in [5.41, 5.74) is 2.18. The number of rotatable bonds is 6. The second kappa shape index (κ2) is 13.0. The third kappa shape index (κ3) is 6.81. The highest BCUT2D eigenvalue weighted by atomic mass is 35.5. The predicted octanol–water partition coefficient (Wildman–Crippen LogP) is 5.91. The zero-order valence-corrected chi connectivity index (χ0v) is 27.2. The van der Waals surface area contributed by atoms with Crippen molar-refractivity contribution in [3.63, 3.8) is 0 Å². The van der Waals surface area contributed by atoms with E-state index in [0.29, 0.717) is 56.3 Å². The van der Waals surface area contributed by atoms with Gasteiger partial charge in [0, 0.05) is 48.1 Å². The summed E-state index contributed by atoms with van der Waals surface area (Å²) in [6.45, 7) is 8.78. The number of amides is 1. The second-order valence-electron chi connectivity index (χ2n) is 13.2. The molecule has 238 valence electrons. The van der Waals surface area contributed by atoms with E-state index in [1.54, 1.807) is 4.90 Å². The number of likely N-dealkylation sites (tertiary alicyclic amines) is 1. The molecule has 45 heavy (non-hydrogen) atoms. The maximum Gasteiger partial charge on any atom is 0.410 e. The number of piperazine rings is 1. The predicted molar refractivity (Wildman–Crippen MR) is 173 cm³/mol. The van der Waals surface area contributed by atoms with Gasteiger partial charge in [0.2, 0.25) is 0 Å². The minimum absolute atomic E-state index is 0.181. The Kier molecular flexibility index (Phi) is 9.05. The van der Waals surface area contributed by atoms with E-state index < -0.39 is 11.7 Å². The van der Waals surface area contributed by atoms with Crippen molar-refractivity contribution < 1.29 is 19.0 Å². The molecular formula is C34H41ClN6O4. The van der Waals surface area contributed by atoms with Crippen molar-refractivity contribution in [2.24, 2.45) is 0 Å². The fraction of sp³-hybridized carbons (Fsp3) is 0.529. The van der Waals surface area contributed by atoms with E-state index in [0.717, 1.165) is 52.8 Å². The van der Waals surface area contributed by atoms with Gasteiger partial charge in [-0.2, -0.15) is 15.2 Å². The van der Waals surface area contributed by atoms with Crippen LogP contribution in [0.15, 0.2) is 36.4 Å². The molecule has 0 saturated carbocycles. The lowest BCUT2D eigenvalue weighted by Gasteiger charge is -2.42. The molecule has 4 heterocycles. The first-order chi connectivity index (χ1) is 21.6. The van der Waals surface area contributed by atoms with E-state index in [1.165, 1.54) is 0 Å².